The Kier molecular flexibility index (Phi) is 3.66. The number of carboxylic acids is 1. The molecule has 0 saturated carbocycles. The van der Waals surface area contributed by atoms with Crippen molar-refractivity contribution in [3.63, 3.8) is 0 Å². The van der Waals surface area contributed by atoms with E-state index in [0.717, 1.165) is 15.6 Å². The fourth-order valence-corrected chi connectivity index (χ4v) is 2.58. The Morgan fingerprint density at radius 1 is 1.44 bits per heavy atom. The van der Waals surface area contributed by atoms with Gasteiger partial charge in [-0.3, -0.25) is 9.59 Å². The van der Waals surface area contributed by atoms with Crippen LogP contribution in [0.15, 0.2) is 28.7 Å². The number of aryl methyl sites for hydroxylation is 1. The molecule has 0 fully saturated rings. The molecule has 4 heteroatoms. The molecule has 0 spiro atoms. The molecule has 1 aliphatic carbocycles. The SMILES string of the molecule is Cc1ccc(Br)cc1C1=CC(=O)CCC1C(=O)O. The van der Waals surface area contributed by atoms with Crippen molar-refractivity contribution in [2.45, 2.75) is 19.8 Å². The maximum absolute atomic E-state index is 11.5. The second kappa shape index (κ2) is 5.06. The van der Waals surface area contributed by atoms with Crippen molar-refractivity contribution in [1.29, 1.82) is 0 Å². The largest absolute Gasteiger partial charge is 0.481 e. The zero-order valence-corrected chi connectivity index (χ0v) is 11.5. The molecule has 2 rings (SSSR count). The number of benzene rings is 1. The van der Waals surface area contributed by atoms with Crippen LogP contribution in [0.1, 0.15) is 24.0 Å². The summed E-state index contributed by atoms with van der Waals surface area (Å²) in [5.74, 6) is -1.45. The number of hydrogen-bond acceptors (Lipinski definition) is 2. The first-order chi connectivity index (χ1) is 8.49. The first-order valence-electron chi connectivity index (χ1n) is 5.73. The summed E-state index contributed by atoms with van der Waals surface area (Å²) in [4.78, 5) is 22.8. The summed E-state index contributed by atoms with van der Waals surface area (Å²) in [6.07, 6.45) is 2.18. The highest BCUT2D eigenvalue weighted by Crippen LogP contribution is 2.34. The molecule has 0 radical (unpaired) electrons. The van der Waals surface area contributed by atoms with Crippen molar-refractivity contribution in [3.05, 3.63) is 39.9 Å². The van der Waals surface area contributed by atoms with E-state index in [4.69, 9.17) is 0 Å². The van der Waals surface area contributed by atoms with E-state index in [2.05, 4.69) is 15.9 Å². The van der Waals surface area contributed by atoms with E-state index in [1.165, 1.54) is 6.08 Å². The Bertz CT molecular complexity index is 546. The number of allylic oxidation sites excluding steroid dienone is 1. The van der Waals surface area contributed by atoms with Crippen LogP contribution in [0.5, 0.6) is 0 Å². The van der Waals surface area contributed by atoms with Crippen LogP contribution in [0, 0.1) is 12.8 Å². The smallest absolute Gasteiger partial charge is 0.311 e. The summed E-state index contributed by atoms with van der Waals surface area (Å²) < 4.78 is 0.881. The van der Waals surface area contributed by atoms with E-state index in [9.17, 15) is 14.7 Å². The van der Waals surface area contributed by atoms with Crippen LogP contribution in [0.2, 0.25) is 0 Å². The molecule has 94 valence electrons. The maximum atomic E-state index is 11.5. The molecule has 1 aromatic carbocycles. The van der Waals surface area contributed by atoms with E-state index >= 15 is 0 Å². The Morgan fingerprint density at radius 2 is 2.17 bits per heavy atom. The highest BCUT2D eigenvalue weighted by molar-refractivity contribution is 9.10. The Labute approximate surface area is 114 Å². The zero-order chi connectivity index (χ0) is 13.3. The van der Waals surface area contributed by atoms with Gasteiger partial charge in [0.15, 0.2) is 5.78 Å². The van der Waals surface area contributed by atoms with Crippen LogP contribution in [0.3, 0.4) is 0 Å². The van der Waals surface area contributed by atoms with Crippen LogP contribution in [-0.2, 0) is 9.59 Å². The predicted molar refractivity (Wildman–Crippen MR) is 72.2 cm³/mol. The van der Waals surface area contributed by atoms with Gasteiger partial charge < -0.3 is 5.11 Å². The monoisotopic (exact) mass is 308 g/mol. The fourth-order valence-electron chi connectivity index (χ4n) is 2.22. The average molecular weight is 309 g/mol. The summed E-state index contributed by atoms with van der Waals surface area (Å²) in [7, 11) is 0. The third kappa shape index (κ3) is 2.53. The Morgan fingerprint density at radius 3 is 2.83 bits per heavy atom. The van der Waals surface area contributed by atoms with Gasteiger partial charge in [0, 0.05) is 10.9 Å². The molecule has 1 atom stereocenters. The van der Waals surface area contributed by atoms with Crippen molar-refractivity contribution >= 4 is 33.3 Å². The standard InChI is InChI=1S/C14H13BrO3/c1-8-2-3-9(15)6-12(8)13-7-10(16)4-5-11(13)14(17)18/h2-3,6-7,11H,4-5H2,1H3,(H,17,18). The van der Waals surface area contributed by atoms with Gasteiger partial charge in [-0.05, 0) is 48.3 Å². The summed E-state index contributed by atoms with van der Waals surface area (Å²) in [5.41, 5.74) is 2.44. The van der Waals surface area contributed by atoms with E-state index < -0.39 is 11.9 Å². The lowest BCUT2D eigenvalue weighted by molar-refractivity contribution is -0.140. The molecule has 1 unspecified atom stereocenters. The molecular formula is C14H13BrO3. The first-order valence-corrected chi connectivity index (χ1v) is 6.52. The third-order valence-electron chi connectivity index (χ3n) is 3.18. The molecule has 0 saturated heterocycles. The molecule has 18 heavy (non-hydrogen) atoms. The van der Waals surface area contributed by atoms with Crippen molar-refractivity contribution in [2.75, 3.05) is 0 Å². The highest BCUT2D eigenvalue weighted by Gasteiger charge is 2.29. The molecule has 0 aromatic heterocycles. The van der Waals surface area contributed by atoms with Gasteiger partial charge in [0.25, 0.3) is 0 Å². The average Bonchev–Trinajstić information content (AvgIpc) is 2.31. The number of aliphatic carboxylic acids is 1. The van der Waals surface area contributed by atoms with E-state index in [1.54, 1.807) is 0 Å². The van der Waals surface area contributed by atoms with Crippen molar-refractivity contribution in [2.24, 2.45) is 5.92 Å². The number of hydrogen-bond donors (Lipinski definition) is 1. The minimum absolute atomic E-state index is 0.00174. The van der Waals surface area contributed by atoms with E-state index in [-0.39, 0.29) is 5.78 Å². The van der Waals surface area contributed by atoms with E-state index in [1.807, 2.05) is 25.1 Å². The minimum atomic E-state index is -0.867. The molecule has 3 nitrogen and oxygen atoms in total. The topological polar surface area (TPSA) is 54.4 Å². The van der Waals surface area contributed by atoms with E-state index in [0.29, 0.717) is 18.4 Å². The fraction of sp³-hybridized carbons (Fsp3) is 0.286. The molecule has 0 aliphatic heterocycles. The Hall–Kier alpha value is -1.42. The number of carbonyl (C=O) groups excluding carboxylic acids is 1. The first kappa shape index (κ1) is 13.0. The predicted octanol–water partition coefficient (Wildman–Crippen LogP) is 3.20. The maximum Gasteiger partial charge on any atom is 0.311 e. The lowest BCUT2D eigenvalue weighted by Crippen LogP contribution is -2.21. The summed E-state index contributed by atoms with van der Waals surface area (Å²) in [6, 6.07) is 5.69. The second-order valence-electron chi connectivity index (χ2n) is 4.45. The summed E-state index contributed by atoms with van der Waals surface area (Å²) >= 11 is 3.38. The number of ketones is 1. The molecular weight excluding hydrogens is 296 g/mol. The summed E-state index contributed by atoms with van der Waals surface area (Å²) in [5, 5.41) is 9.25. The molecule has 1 aliphatic rings. The van der Waals surface area contributed by atoms with Crippen LogP contribution in [-0.4, -0.2) is 16.9 Å². The van der Waals surface area contributed by atoms with Crippen molar-refractivity contribution in [1.82, 2.24) is 0 Å². The lowest BCUT2D eigenvalue weighted by Gasteiger charge is -2.21. The van der Waals surface area contributed by atoms with Crippen LogP contribution in [0.25, 0.3) is 5.57 Å². The van der Waals surface area contributed by atoms with Gasteiger partial charge in [-0.2, -0.15) is 0 Å². The van der Waals surface area contributed by atoms with Crippen molar-refractivity contribution < 1.29 is 14.7 Å². The number of halogens is 1. The van der Waals surface area contributed by atoms with Gasteiger partial charge in [-0.25, -0.2) is 0 Å². The lowest BCUT2D eigenvalue weighted by atomic mass is 9.82. The number of carboxylic acid groups (broad SMARTS) is 1. The van der Waals surface area contributed by atoms with Crippen molar-refractivity contribution in [3.8, 4) is 0 Å². The van der Waals surface area contributed by atoms with Gasteiger partial charge in [0.1, 0.15) is 0 Å². The van der Waals surface area contributed by atoms with Crippen LogP contribution < -0.4 is 0 Å². The number of rotatable bonds is 2. The van der Waals surface area contributed by atoms with Gasteiger partial charge in [-0.1, -0.05) is 22.0 Å². The molecule has 0 bridgehead atoms. The third-order valence-corrected chi connectivity index (χ3v) is 3.67. The molecule has 0 heterocycles. The normalized spacial score (nSPS) is 19.6. The van der Waals surface area contributed by atoms with Gasteiger partial charge >= 0.3 is 5.97 Å². The quantitative estimate of drug-likeness (QED) is 0.912. The van der Waals surface area contributed by atoms with Gasteiger partial charge in [0.05, 0.1) is 5.92 Å². The van der Waals surface area contributed by atoms with Gasteiger partial charge in [-0.15, -0.1) is 0 Å². The Balaban J connectivity index is 2.54. The second-order valence-corrected chi connectivity index (χ2v) is 5.37. The molecule has 1 N–H and O–H groups in total. The molecule has 1 aromatic rings. The zero-order valence-electron chi connectivity index (χ0n) is 9.94. The number of carbonyl (C=O) groups is 2. The minimum Gasteiger partial charge on any atom is -0.481 e. The molecule has 0 amide bonds. The summed E-state index contributed by atoms with van der Waals surface area (Å²) in [6.45, 7) is 1.92. The van der Waals surface area contributed by atoms with Crippen LogP contribution >= 0.6 is 15.9 Å². The van der Waals surface area contributed by atoms with Crippen LogP contribution in [0.4, 0.5) is 0 Å². The highest BCUT2D eigenvalue weighted by atomic mass is 79.9. The van der Waals surface area contributed by atoms with Gasteiger partial charge in [0.2, 0.25) is 0 Å².